The maximum absolute atomic E-state index is 13.4. The number of nitrogens with one attached hydrogen (secondary N) is 2. The van der Waals surface area contributed by atoms with Gasteiger partial charge in [-0.1, -0.05) is 24.0 Å². The molecule has 0 bridgehead atoms. The first kappa shape index (κ1) is 12.9. The molecule has 0 aromatic heterocycles. The molecule has 2 N–H and O–H groups in total. The lowest BCUT2D eigenvalue weighted by atomic mass is 9.94. The number of carbonyl (C=O) groups is 1. The molecule has 6 heteroatoms. The standard InChI is InChI=1S/C14H11F3N2O/c15-14(16,17)13(8-7-9-5-6-9)12(20)18-10-3-1-2-4-11(10)19-13/h1-4,9,19H,5-6H2,(H,18,20). The zero-order valence-electron chi connectivity index (χ0n) is 10.3. The summed E-state index contributed by atoms with van der Waals surface area (Å²) in [6, 6.07) is 6.25. The van der Waals surface area contributed by atoms with Gasteiger partial charge in [0.2, 0.25) is 0 Å². The summed E-state index contributed by atoms with van der Waals surface area (Å²) in [5.41, 5.74) is -2.33. The SMILES string of the molecule is O=C1Nc2ccccc2NC1(C#CC1CC1)C(F)(F)F. The predicted molar refractivity (Wildman–Crippen MR) is 68.0 cm³/mol. The summed E-state index contributed by atoms with van der Waals surface area (Å²) >= 11 is 0. The molecule has 1 saturated carbocycles. The number of amides is 1. The number of anilines is 2. The van der Waals surface area contributed by atoms with Crippen LogP contribution in [0, 0.1) is 17.8 Å². The van der Waals surface area contributed by atoms with Crippen molar-refractivity contribution in [1.29, 1.82) is 0 Å². The van der Waals surface area contributed by atoms with E-state index in [1.165, 1.54) is 12.1 Å². The molecule has 1 fully saturated rings. The maximum Gasteiger partial charge on any atom is 0.432 e. The van der Waals surface area contributed by atoms with E-state index in [9.17, 15) is 18.0 Å². The van der Waals surface area contributed by atoms with Crippen molar-refractivity contribution in [3.63, 3.8) is 0 Å². The summed E-state index contributed by atoms with van der Waals surface area (Å²) in [4.78, 5) is 12.0. The van der Waals surface area contributed by atoms with E-state index in [1.807, 2.05) is 0 Å². The summed E-state index contributed by atoms with van der Waals surface area (Å²) in [6.07, 6.45) is -3.22. The number of hydrogen-bond acceptors (Lipinski definition) is 2. The molecule has 1 heterocycles. The third-order valence-electron chi connectivity index (χ3n) is 3.30. The van der Waals surface area contributed by atoms with Crippen LogP contribution < -0.4 is 10.6 Å². The molecule has 1 aromatic carbocycles. The Bertz CT molecular complexity index is 625. The van der Waals surface area contributed by atoms with Gasteiger partial charge in [-0.25, -0.2) is 0 Å². The Balaban J connectivity index is 2.07. The van der Waals surface area contributed by atoms with Crippen LogP contribution in [0.3, 0.4) is 0 Å². The van der Waals surface area contributed by atoms with Crippen molar-refractivity contribution in [1.82, 2.24) is 0 Å². The van der Waals surface area contributed by atoms with Gasteiger partial charge in [0, 0.05) is 5.92 Å². The van der Waals surface area contributed by atoms with Gasteiger partial charge in [0.05, 0.1) is 11.4 Å². The lowest BCUT2D eigenvalue weighted by Gasteiger charge is -2.35. The molecule has 0 radical (unpaired) electrons. The molecule has 3 nitrogen and oxygen atoms in total. The first-order valence-electron chi connectivity index (χ1n) is 6.20. The van der Waals surface area contributed by atoms with Crippen molar-refractivity contribution in [2.24, 2.45) is 5.92 Å². The van der Waals surface area contributed by atoms with E-state index >= 15 is 0 Å². The molecule has 0 saturated heterocycles. The maximum atomic E-state index is 13.4. The second-order valence-electron chi connectivity index (χ2n) is 4.92. The number of rotatable bonds is 0. The summed E-state index contributed by atoms with van der Waals surface area (Å²) in [5, 5.41) is 4.55. The average molecular weight is 280 g/mol. The van der Waals surface area contributed by atoms with Crippen LogP contribution in [-0.4, -0.2) is 17.6 Å². The molecule has 0 spiro atoms. The van der Waals surface area contributed by atoms with Crippen molar-refractivity contribution < 1.29 is 18.0 Å². The largest absolute Gasteiger partial charge is 0.432 e. The number of para-hydroxylation sites is 2. The minimum Gasteiger partial charge on any atom is -0.352 e. The van der Waals surface area contributed by atoms with E-state index in [0.29, 0.717) is 5.69 Å². The van der Waals surface area contributed by atoms with Gasteiger partial charge >= 0.3 is 6.18 Å². The number of hydrogen-bond donors (Lipinski definition) is 2. The van der Waals surface area contributed by atoms with Crippen molar-refractivity contribution >= 4 is 17.3 Å². The molecular weight excluding hydrogens is 269 g/mol. The molecular formula is C14H11F3N2O. The van der Waals surface area contributed by atoms with Crippen LogP contribution >= 0.6 is 0 Å². The van der Waals surface area contributed by atoms with Crippen LogP contribution in [0.1, 0.15) is 12.8 Å². The highest BCUT2D eigenvalue weighted by Gasteiger charge is 2.62. The number of carbonyl (C=O) groups excluding carboxylic acids is 1. The molecule has 1 aliphatic carbocycles. The lowest BCUT2D eigenvalue weighted by Crippen LogP contribution is -2.61. The zero-order valence-corrected chi connectivity index (χ0v) is 10.3. The molecule has 1 aromatic rings. The molecule has 1 atom stereocenters. The molecule has 104 valence electrons. The number of alkyl halides is 3. The Morgan fingerprint density at radius 2 is 1.85 bits per heavy atom. The zero-order chi connectivity index (χ0) is 14.4. The van der Waals surface area contributed by atoms with E-state index in [4.69, 9.17) is 0 Å². The minimum absolute atomic E-state index is 0.0269. The molecule has 20 heavy (non-hydrogen) atoms. The van der Waals surface area contributed by atoms with E-state index in [0.717, 1.165) is 12.8 Å². The van der Waals surface area contributed by atoms with Crippen LogP contribution in [0.2, 0.25) is 0 Å². The molecule has 1 unspecified atom stereocenters. The smallest absolute Gasteiger partial charge is 0.352 e. The summed E-state index contributed by atoms with van der Waals surface area (Å²) in [7, 11) is 0. The summed E-state index contributed by atoms with van der Waals surface area (Å²) in [6.45, 7) is 0. The third-order valence-corrected chi connectivity index (χ3v) is 3.30. The Kier molecular flexibility index (Phi) is 2.68. The lowest BCUT2D eigenvalue weighted by molar-refractivity contribution is -0.170. The second-order valence-corrected chi connectivity index (χ2v) is 4.92. The number of benzene rings is 1. The van der Waals surface area contributed by atoms with Crippen molar-refractivity contribution in [3.8, 4) is 11.8 Å². The van der Waals surface area contributed by atoms with Crippen LogP contribution in [0.4, 0.5) is 24.5 Å². The third kappa shape index (κ3) is 1.99. The van der Waals surface area contributed by atoms with Gasteiger partial charge in [-0.2, -0.15) is 13.2 Å². The minimum atomic E-state index is -4.80. The monoisotopic (exact) mass is 280 g/mol. The van der Waals surface area contributed by atoms with Crippen LogP contribution in [-0.2, 0) is 4.79 Å². The predicted octanol–water partition coefficient (Wildman–Crippen LogP) is 2.77. The van der Waals surface area contributed by atoms with E-state index in [-0.39, 0.29) is 11.6 Å². The topological polar surface area (TPSA) is 41.1 Å². The van der Waals surface area contributed by atoms with Gasteiger partial charge < -0.3 is 10.6 Å². The van der Waals surface area contributed by atoms with Gasteiger partial charge in [0.1, 0.15) is 0 Å². The normalized spacial score (nSPS) is 24.9. The van der Waals surface area contributed by atoms with Crippen molar-refractivity contribution in [3.05, 3.63) is 24.3 Å². The molecule has 2 aliphatic rings. The van der Waals surface area contributed by atoms with Gasteiger partial charge in [-0.3, -0.25) is 4.79 Å². The van der Waals surface area contributed by atoms with E-state index < -0.39 is 17.6 Å². The van der Waals surface area contributed by atoms with Crippen LogP contribution in [0.5, 0.6) is 0 Å². The number of fused-ring (bicyclic) bond motifs is 1. The van der Waals surface area contributed by atoms with Gasteiger partial charge in [0.15, 0.2) is 0 Å². The Hall–Kier alpha value is -2.16. The first-order chi connectivity index (χ1) is 9.42. The average Bonchev–Trinajstić information content (AvgIpc) is 3.19. The van der Waals surface area contributed by atoms with Crippen molar-refractivity contribution in [2.45, 2.75) is 24.6 Å². The Labute approximate surface area is 113 Å². The Morgan fingerprint density at radius 3 is 2.45 bits per heavy atom. The quantitative estimate of drug-likeness (QED) is 0.717. The van der Waals surface area contributed by atoms with E-state index in [2.05, 4.69) is 22.5 Å². The van der Waals surface area contributed by atoms with Gasteiger partial charge in [-0.15, -0.1) is 0 Å². The molecule has 3 rings (SSSR count). The highest BCUT2D eigenvalue weighted by molar-refractivity contribution is 6.09. The van der Waals surface area contributed by atoms with E-state index in [1.54, 1.807) is 12.1 Å². The molecule has 1 amide bonds. The van der Waals surface area contributed by atoms with Crippen molar-refractivity contribution in [2.75, 3.05) is 10.6 Å². The number of halogens is 3. The molecule has 1 aliphatic heterocycles. The van der Waals surface area contributed by atoms with Crippen LogP contribution in [0.15, 0.2) is 24.3 Å². The van der Waals surface area contributed by atoms with Gasteiger partial charge in [-0.05, 0) is 25.0 Å². The first-order valence-corrected chi connectivity index (χ1v) is 6.20. The fourth-order valence-electron chi connectivity index (χ4n) is 1.97. The van der Waals surface area contributed by atoms with Gasteiger partial charge in [0.25, 0.3) is 11.4 Å². The Morgan fingerprint density at radius 1 is 1.20 bits per heavy atom. The highest BCUT2D eigenvalue weighted by Crippen LogP contribution is 2.40. The van der Waals surface area contributed by atoms with Crippen LogP contribution in [0.25, 0.3) is 0 Å². The summed E-state index contributed by atoms with van der Waals surface area (Å²) < 4.78 is 40.2. The fraction of sp³-hybridized carbons (Fsp3) is 0.357. The summed E-state index contributed by atoms with van der Waals surface area (Å²) in [5.74, 6) is 3.46. The highest BCUT2D eigenvalue weighted by atomic mass is 19.4. The second kappa shape index (κ2) is 4.17. The fourth-order valence-corrected chi connectivity index (χ4v) is 1.97.